The van der Waals surface area contributed by atoms with Gasteiger partial charge in [-0.3, -0.25) is 13.8 Å². The van der Waals surface area contributed by atoms with Gasteiger partial charge in [-0.05, 0) is 42.2 Å². The molecule has 2 aromatic rings. The number of phosphoric ester groups is 1. The molecule has 0 aromatic heterocycles. The number of unbranched alkanes of at least 4 members (excludes halogenated alkanes) is 11. The summed E-state index contributed by atoms with van der Waals surface area (Å²) in [6, 6.07) is 14.5. The number of carbonyl (C=O) groups is 1. The number of aliphatic hydroxyl groups excluding tert-OH is 5. The van der Waals surface area contributed by atoms with E-state index in [1.807, 2.05) is 25.1 Å². The summed E-state index contributed by atoms with van der Waals surface area (Å²) in [6.45, 7) is 2.45. The van der Waals surface area contributed by atoms with Gasteiger partial charge in [0.25, 0.3) is 0 Å². The van der Waals surface area contributed by atoms with E-state index in [0.29, 0.717) is 13.0 Å². The van der Waals surface area contributed by atoms with Gasteiger partial charge >= 0.3 is 13.8 Å². The lowest BCUT2D eigenvalue weighted by Gasteiger charge is -2.41. The summed E-state index contributed by atoms with van der Waals surface area (Å²) < 4.78 is 39.5. The van der Waals surface area contributed by atoms with Crippen LogP contribution in [0.4, 0.5) is 0 Å². The quantitative estimate of drug-likeness (QED) is 0.0430. The fourth-order valence-corrected chi connectivity index (χ4v) is 6.92. The first-order valence-corrected chi connectivity index (χ1v) is 20.0. The number of carbonyl (C=O) groups excluding carboxylic acids is 1. The number of esters is 1. The smallest absolute Gasteiger partial charge is 0.472 e. The highest BCUT2D eigenvalue weighted by Gasteiger charge is 2.51. The minimum absolute atomic E-state index is 0.0921. The van der Waals surface area contributed by atoms with E-state index in [-0.39, 0.29) is 13.0 Å². The topological polar surface area (TPSA) is 202 Å². The van der Waals surface area contributed by atoms with Crippen molar-refractivity contribution in [3.05, 3.63) is 42.5 Å². The minimum Gasteiger partial charge on any atom is -0.494 e. The summed E-state index contributed by atoms with van der Waals surface area (Å²) in [5.41, 5.74) is 0. The molecule has 1 saturated carbocycles. The van der Waals surface area contributed by atoms with Crippen molar-refractivity contribution in [1.82, 2.24) is 0 Å². The Balaban J connectivity index is 1.25. The highest BCUT2D eigenvalue weighted by Crippen LogP contribution is 2.47. The average Bonchev–Trinajstić information content (AvgIpc) is 3.12. The lowest BCUT2D eigenvalue weighted by molar-refractivity contribution is -0.220. The summed E-state index contributed by atoms with van der Waals surface area (Å²) in [4.78, 5) is 22.6. The lowest BCUT2D eigenvalue weighted by Crippen LogP contribution is -2.64. The number of fused-ring (bicyclic) bond motifs is 1. The van der Waals surface area contributed by atoms with Crippen molar-refractivity contribution in [3.8, 4) is 5.75 Å². The van der Waals surface area contributed by atoms with Gasteiger partial charge in [-0.1, -0.05) is 101 Å². The van der Waals surface area contributed by atoms with Gasteiger partial charge in [0.1, 0.15) is 48.5 Å². The maximum absolute atomic E-state index is 12.6. The Kier molecular flexibility index (Phi) is 19.9. The van der Waals surface area contributed by atoms with Crippen molar-refractivity contribution < 1.29 is 63.0 Å². The largest absolute Gasteiger partial charge is 0.494 e. The number of benzene rings is 2. The number of hydrogen-bond acceptors (Lipinski definition) is 12. The van der Waals surface area contributed by atoms with Crippen LogP contribution in [0.25, 0.3) is 10.8 Å². The molecule has 0 aliphatic heterocycles. The van der Waals surface area contributed by atoms with Crippen molar-refractivity contribution in [2.75, 3.05) is 26.4 Å². The fourth-order valence-electron chi connectivity index (χ4n) is 5.95. The molecule has 2 aromatic carbocycles. The fraction of sp³-hybridized carbons (Fsp3) is 0.703. The normalized spacial score (nSPS) is 23.9. The van der Waals surface area contributed by atoms with Crippen LogP contribution in [0.5, 0.6) is 5.75 Å². The third-order valence-electron chi connectivity index (χ3n) is 9.01. The van der Waals surface area contributed by atoms with Gasteiger partial charge < -0.3 is 44.6 Å². The Labute approximate surface area is 301 Å². The van der Waals surface area contributed by atoms with Gasteiger partial charge in [-0.15, -0.1) is 0 Å². The zero-order valence-corrected chi connectivity index (χ0v) is 30.7. The van der Waals surface area contributed by atoms with Gasteiger partial charge in [-0.25, -0.2) is 4.57 Å². The summed E-state index contributed by atoms with van der Waals surface area (Å²) in [5.74, 6) is 0.406. The second-order valence-electron chi connectivity index (χ2n) is 13.3. The SMILES string of the molecule is CCCCCC(=O)O[C@H](COCCCCCCCCCCCCOc1ccc2ccccc2c1)COP(=O)(O)OC1[C@H](O)[C@H](O)C(O)[C@H](O)[C@H]1O. The molecule has 0 spiro atoms. The first-order chi connectivity index (χ1) is 24.5. The van der Waals surface area contributed by atoms with E-state index < -0.39 is 63.1 Å². The van der Waals surface area contributed by atoms with E-state index >= 15 is 0 Å². The molecule has 13 nitrogen and oxygen atoms in total. The summed E-state index contributed by atoms with van der Waals surface area (Å²) >= 11 is 0. The van der Waals surface area contributed by atoms with Crippen LogP contribution in [0.2, 0.25) is 0 Å². The Morgan fingerprint density at radius 3 is 1.90 bits per heavy atom. The van der Waals surface area contributed by atoms with Gasteiger partial charge in [0.05, 0.1) is 19.8 Å². The van der Waals surface area contributed by atoms with Crippen molar-refractivity contribution in [1.29, 1.82) is 0 Å². The second-order valence-corrected chi connectivity index (χ2v) is 14.7. The number of hydrogen-bond donors (Lipinski definition) is 6. The average molecular weight is 743 g/mol. The molecule has 0 saturated heterocycles. The molecule has 8 atom stereocenters. The Morgan fingerprint density at radius 1 is 0.706 bits per heavy atom. The first-order valence-electron chi connectivity index (χ1n) is 18.5. The van der Waals surface area contributed by atoms with E-state index in [2.05, 4.69) is 24.3 Å². The zero-order chi connectivity index (χ0) is 37.1. The molecule has 0 bridgehead atoms. The molecule has 3 unspecified atom stereocenters. The van der Waals surface area contributed by atoms with E-state index in [0.717, 1.165) is 63.7 Å². The maximum atomic E-state index is 12.6. The third kappa shape index (κ3) is 15.8. The van der Waals surface area contributed by atoms with Crippen molar-refractivity contribution in [3.63, 3.8) is 0 Å². The van der Waals surface area contributed by atoms with Gasteiger partial charge in [0.2, 0.25) is 0 Å². The monoisotopic (exact) mass is 742 g/mol. The molecule has 0 amide bonds. The van der Waals surface area contributed by atoms with Crippen LogP contribution in [-0.4, -0.2) is 106 Å². The van der Waals surface area contributed by atoms with E-state index in [4.69, 9.17) is 23.3 Å². The Hall–Kier alpha value is -2.16. The predicted molar refractivity (Wildman–Crippen MR) is 191 cm³/mol. The van der Waals surface area contributed by atoms with Gasteiger partial charge in [0, 0.05) is 13.0 Å². The molecule has 1 aliphatic rings. The van der Waals surface area contributed by atoms with Crippen LogP contribution in [0, 0.1) is 0 Å². The number of phosphoric acid groups is 1. The molecule has 3 rings (SSSR count). The predicted octanol–water partition coefficient (Wildman–Crippen LogP) is 4.95. The molecule has 51 heavy (non-hydrogen) atoms. The molecule has 1 fully saturated rings. The molecule has 14 heteroatoms. The minimum atomic E-state index is -5.00. The molecular formula is C37H59O13P. The molecule has 290 valence electrons. The molecule has 0 radical (unpaired) electrons. The van der Waals surface area contributed by atoms with Crippen LogP contribution in [0.3, 0.4) is 0 Å². The lowest BCUT2D eigenvalue weighted by atomic mass is 9.85. The van der Waals surface area contributed by atoms with Crippen LogP contribution < -0.4 is 4.74 Å². The second kappa shape index (κ2) is 23.5. The van der Waals surface area contributed by atoms with Crippen LogP contribution in [0.15, 0.2) is 42.5 Å². The summed E-state index contributed by atoms with van der Waals surface area (Å²) in [6.07, 6.45) is 0.784. The van der Waals surface area contributed by atoms with Crippen molar-refractivity contribution in [2.24, 2.45) is 0 Å². The van der Waals surface area contributed by atoms with Gasteiger partial charge in [0.15, 0.2) is 0 Å². The Morgan fingerprint density at radius 2 is 1.27 bits per heavy atom. The highest BCUT2D eigenvalue weighted by molar-refractivity contribution is 7.47. The van der Waals surface area contributed by atoms with Crippen molar-refractivity contribution in [2.45, 2.75) is 140 Å². The van der Waals surface area contributed by atoms with E-state index in [1.54, 1.807) is 0 Å². The maximum Gasteiger partial charge on any atom is 0.472 e. The third-order valence-corrected chi connectivity index (χ3v) is 10.00. The number of ether oxygens (including phenoxy) is 3. The van der Waals surface area contributed by atoms with Crippen LogP contribution in [0.1, 0.15) is 96.8 Å². The van der Waals surface area contributed by atoms with Crippen LogP contribution in [-0.2, 0) is 27.9 Å². The van der Waals surface area contributed by atoms with Crippen molar-refractivity contribution >= 4 is 24.6 Å². The number of aliphatic hydroxyl groups is 5. The van der Waals surface area contributed by atoms with Gasteiger partial charge in [-0.2, -0.15) is 0 Å². The first kappa shape index (κ1) is 43.2. The summed E-state index contributed by atoms with van der Waals surface area (Å²) in [5, 5.41) is 52.1. The highest BCUT2D eigenvalue weighted by atomic mass is 31.2. The molecule has 6 N–H and O–H groups in total. The zero-order valence-electron chi connectivity index (χ0n) is 29.8. The van der Waals surface area contributed by atoms with Crippen LogP contribution >= 0.6 is 7.82 Å². The molecule has 1 aliphatic carbocycles. The summed E-state index contributed by atoms with van der Waals surface area (Å²) in [7, 11) is -5.00. The standard InChI is InChI=1S/C37H59O13P/c1-2-3-12-19-31(38)49-30(26-48-51(44,45)50-37-35(42)33(40)32(39)34(41)36(37)43)25-46-22-15-10-8-6-4-5-7-9-11-16-23-47-29-21-20-27-17-13-14-18-28(27)24-29/h13-14,17-18,20-21,24,30,32-37,39-43H,2-12,15-16,19,22-23,25-26H2,1H3,(H,44,45)/t30-,32?,33-,34+,35-,36-,37?/m1/s1. The van der Waals surface area contributed by atoms with E-state index in [9.17, 15) is 39.8 Å². The van der Waals surface area contributed by atoms with E-state index in [1.165, 1.54) is 36.5 Å². The Bertz CT molecular complexity index is 1300. The number of rotatable bonds is 26. The molecular weight excluding hydrogens is 683 g/mol. The molecule has 0 heterocycles.